The van der Waals surface area contributed by atoms with Crippen LogP contribution in [0.3, 0.4) is 0 Å². The molecule has 4 heteroatoms. The molecule has 0 saturated carbocycles. The molecule has 0 saturated heterocycles. The Morgan fingerprint density at radius 2 is 2.00 bits per heavy atom. The number of ether oxygens (including phenoxy) is 1. The van der Waals surface area contributed by atoms with Gasteiger partial charge in [0.2, 0.25) is 5.88 Å². The molecule has 0 radical (unpaired) electrons. The highest BCUT2D eigenvalue weighted by molar-refractivity contribution is 5.63. The van der Waals surface area contributed by atoms with Gasteiger partial charge in [0.15, 0.2) is 0 Å². The minimum Gasteiger partial charge on any atom is -0.476 e. The monoisotopic (exact) mass is 257 g/mol. The third kappa shape index (κ3) is 3.16. The minimum atomic E-state index is 0.470. The molecule has 1 aromatic carbocycles. The zero-order valence-corrected chi connectivity index (χ0v) is 11.5. The number of aryl methyl sites for hydroxylation is 2. The number of nitrogens with one attached hydrogen (secondary N) is 1. The number of rotatable bonds is 4. The van der Waals surface area contributed by atoms with Crippen molar-refractivity contribution in [3.05, 3.63) is 41.5 Å². The van der Waals surface area contributed by atoms with E-state index in [-0.39, 0.29) is 0 Å². The molecule has 1 aromatic heterocycles. The number of pyridine rings is 1. The fraction of sp³-hybridized carbons (Fsp3) is 0.267. The first-order valence-electron chi connectivity index (χ1n) is 6.33. The highest BCUT2D eigenvalue weighted by atomic mass is 16.5. The Labute approximate surface area is 113 Å². The Morgan fingerprint density at radius 1 is 1.21 bits per heavy atom. The number of aromatic nitrogens is 1. The summed E-state index contributed by atoms with van der Waals surface area (Å²) in [6, 6.07) is 9.88. The van der Waals surface area contributed by atoms with Gasteiger partial charge < -0.3 is 15.8 Å². The van der Waals surface area contributed by atoms with E-state index in [1.165, 1.54) is 11.1 Å². The van der Waals surface area contributed by atoms with E-state index < -0.39 is 0 Å². The van der Waals surface area contributed by atoms with E-state index in [9.17, 15) is 0 Å². The van der Waals surface area contributed by atoms with Gasteiger partial charge in [-0.3, -0.25) is 0 Å². The Balaban J connectivity index is 2.25. The third-order valence-electron chi connectivity index (χ3n) is 2.82. The van der Waals surface area contributed by atoms with Crippen molar-refractivity contribution in [2.24, 2.45) is 0 Å². The molecule has 0 fully saturated rings. The van der Waals surface area contributed by atoms with Crippen molar-refractivity contribution in [1.82, 2.24) is 4.98 Å². The lowest BCUT2D eigenvalue weighted by molar-refractivity contribution is 0.329. The van der Waals surface area contributed by atoms with Gasteiger partial charge in [-0.1, -0.05) is 17.7 Å². The molecule has 0 bridgehead atoms. The largest absolute Gasteiger partial charge is 0.476 e. The lowest BCUT2D eigenvalue weighted by Gasteiger charge is -2.12. The van der Waals surface area contributed by atoms with Crippen LogP contribution in [0.15, 0.2) is 30.3 Å². The molecule has 0 spiro atoms. The van der Waals surface area contributed by atoms with Crippen LogP contribution in [0.25, 0.3) is 0 Å². The molecule has 0 unspecified atom stereocenters. The number of hydrogen-bond donors (Lipinski definition) is 2. The number of nitrogens with zero attached hydrogens (tertiary/aromatic N) is 1. The van der Waals surface area contributed by atoms with E-state index in [1.54, 1.807) is 6.07 Å². The summed E-state index contributed by atoms with van der Waals surface area (Å²) in [5.74, 6) is 1.20. The first-order valence-corrected chi connectivity index (χ1v) is 6.33. The second-order valence-corrected chi connectivity index (χ2v) is 4.47. The van der Waals surface area contributed by atoms with Gasteiger partial charge in [-0.2, -0.15) is 4.98 Å². The molecule has 1 heterocycles. The van der Waals surface area contributed by atoms with Crippen molar-refractivity contribution in [1.29, 1.82) is 0 Å². The van der Waals surface area contributed by atoms with Crippen LogP contribution in [0.1, 0.15) is 18.1 Å². The average Bonchev–Trinajstić information content (AvgIpc) is 2.37. The Hall–Kier alpha value is -2.23. The lowest BCUT2D eigenvalue weighted by Crippen LogP contribution is -2.02. The van der Waals surface area contributed by atoms with Gasteiger partial charge >= 0.3 is 0 Å². The molecule has 2 rings (SSSR count). The summed E-state index contributed by atoms with van der Waals surface area (Å²) in [5.41, 5.74) is 9.80. The fourth-order valence-electron chi connectivity index (χ4n) is 1.86. The van der Waals surface area contributed by atoms with Crippen LogP contribution in [0.2, 0.25) is 0 Å². The number of nitrogens with two attached hydrogens (primary N) is 1. The maximum absolute atomic E-state index is 5.80. The van der Waals surface area contributed by atoms with Gasteiger partial charge in [-0.25, -0.2) is 0 Å². The van der Waals surface area contributed by atoms with Gasteiger partial charge in [0.25, 0.3) is 0 Å². The molecular weight excluding hydrogens is 238 g/mol. The van der Waals surface area contributed by atoms with E-state index in [0.29, 0.717) is 18.2 Å². The molecule has 19 heavy (non-hydrogen) atoms. The average molecular weight is 257 g/mol. The Bertz CT molecular complexity index is 582. The second kappa shape index (κ2) is 5.61. The molecule has 0 aliphatic rings. The second-order valence-electron chi connectivity index (χ2n) is 4.47. The van der Waals surface area contributed by atoms with Gasteiger partial charge in [0, 0.05) is 5.69 Å². The lowest BCUT2D eigenvalue weighted by atomic mass is 10.1. The predicted molar refractivity (Wildman–Crippen MR) is 79.0 cm³/mol. The smallest absolute Gasteiger partial charge is 0.239 e. The normalized spacial score (nSPS) is 10.3. The van der Waals surface area contributed by atoms with Gasteiger partial charge in [0.05, 0.1) is 12.3 Å². The zero-order chi connectivity index (χ0) is 13.8. The van der Waals surface area contributed by atoms with Crippen LogP contribution in [-0.2, 0) is 0 Å². The van der Waals surface area contributed by atoms with Crippen LogP contribution in [-0.4, -0.2) is 11.6 Å². The summed E-state index contributed by atoms with van der Waals surface area (Å²) in [6.07, 6.45) is 0. The number of hydrogen-bond acceptors (Lipinski definition) is 4. The minimum absolute atomic E-state index is 0.470. The molecular formula is C15H19N3O. The van der Waals surface area contributed by atoms with Crippen molar-refractivity contribution in [2.45, 2.75) is 20.8 Å². The molecule has 0 aliphatic heterocycles. The molecule has 0 atom stereocenters. The molecule has 100 valence electrons. The third-order valence-corrected chi connectivity index (χ3v) is 2.82. The van der Waals surface area contributed by atoms with E-state index in [4.69, 9.17) is 10.5 Å². The highest BCUT2D eigenvalue weighted by Crippen LogP contribution is 2.25. The SMILES string of the molecule is CCOc1nc(Nc2ccc(C)cc2C)ccc1N. The highest BCUT2D eigenvalue weighted by Gasteiger charge is 2.05. The van der Waals surface area contributed by atoms with Crippen molar-refractivity contribution in [3.63, 3.8) is 0 Å². The molecule has 0 aliphatic carbocycles. The van der Waals surface area contributed by atoms with Crippen LogP contribution >= 0.6 is 0 Å². The van der Waals surface area contributed by atoms with Crippen molar-refractivity contribution >= 4 is 17.2 Å². The summed E-state index contributed by atoms with van der Waals surface area (Å²) < 4.78 is 5.39. The van der Waals surface area contributed by atoms with E-state index in [1.807, 2.05) is 19.1 Å². The summed E-state index contributed by atoms with van der Waals surface area (Å²) in [6.45, 7) is 6.59. The maximum atomic E-state index is 5.80. The van der Waals surface area contributed by atoms with Gasteiger partial charge in [-0.05, 0) is 44.5 Å². The Morgan fingerprint density at radius 3 is 2.68 bits per heavy atom. The van der Waals surface area contributed by atoms with E-state index >= 15 is 0 Å². The van der Waals surface area contributed by atoms with Gasteiger partial charge in [-0.15, -0.1) is 0 Å². The first-order chi connectivity index (χ1) is 9.10. The number of nitrogen functional groups attached to an aromatic ring is 1. The van der Waals surface area contributed by atoms with Crippen molar-refractivity contribution in [2.75, 3.05) is 17.7 Å². The Kier molecular flexibility index (Phi) is 3.90. The summed E-state index contributed by atoms with van der Waals surface area (Å²) >= 11 is 0. The summed E-state index contributed by atoms with van der Waals surface area (Å²) in [7, 11) is 0. The molecule has 2 aromatic rings. The van der Waals surface area contributed by atoms with Crippen molar-refractivity contribution < 1.29 is 4.74 Å². The molecule has 3 N–H and O–H groups in total. The summed E-state index contributed by atoms with van der Waals surface area (Å²) in [5, 5.41) is 3.28. The topological polar surface area (TPSA) is 60.2 Å². The van der Waals surface area contributed by atoms with Crippen LogP contribution in [0, 0.1) is 13.8 Å². The molecule has 4 nitrogen and oxygen atoms in total. The van der Waals surface area contributed by atoms with E-state index in [2.05, 4.69) is 36.3 Å². The van der Waals surface area contributed by atoms with Crippen LogP contribution in [0.4, 0.5) is 17.2 Å². The maximum Gasteiger partial charge on any atom is 0.239 e. The van der Waals surface area contributed by atoms with Crippen LogP contribution < -0.4 is 15.8 Å². The number of anilines is 3. The summed E-state index contributed by atoms with van der Waals surface area (Å²) in [4.78, 5) is 4.36. The zero-order valence-electron chi connectivity index (χ0n) is 11.5. The number of benzene rings is 1. The standard InChI is InChI=1S/C15H19N3O/c1-4-19-15-12(16)6-8-14(18-15)17-13-7-5-10(2)9-11(13)3/h5-9H,4,16H2,1-3H3,(H,17,18). The quantitative estimate of drug-likeness (QED) is 0.881. The van der Waals surface area contributed by atoms with E-state index in [0.717, 1.165) is 11.5 Å². The van der Waals surface area contributed by atoms with Crippen LogP contribution in [0.5, 0.6) is 5.88 Å². The van der Waals surface area contributed by atoms with Crippen molar-refractivity contribution in [3.8, 4) is 5.88 Å². The predicted octanol–water partition coefficient (Wildman–Crippen LogP) is 3.42. The first kappa shape index (κ1) is 13.2. The van der Waals surface area contributed by atoms with Gasteiger partial charge in [0.1, 0.15) is 5.82 Å². The fourth-order valence-corrected chi connectivity index (χ4v) is 1.86. The molecule has 0 amide bonds.